The predicted molar refractivity (Wildman–Crippen MR) is 94.0 cm³/mol. The van der Waals surface area contributed by atoms with Crippen LogP contribution in [-0.2, 0) is 0 Å². The molecule has 0 aromatic heterocycles. The lowest BCUT2D eigenvalue weighted by atomic mass is 10.1. The highest BCUT2D eigenvalue weighted by atomic mass is 79.9. The molecule has 1 heterocycles. The topological polar surface area (TPSA) is 15.6 Å². The third-order valence-corrected chi connectivity index (χ3v) is 4.44. The van der Waals surface area contributed by atoms with Gasteiger partial charge in [0.15, 0.2) is 0 Å². The van der Waals surface area contributed by atoms with Gasteiger partial charge in [-0.2, -0.15) is 0 Å². The van der Waals surface area contributed by atoms with Gasteiger partial charge in [0.25, 0.3) is 0 Å². The van der Waals surface area contributed by atoms with Gasteiger partial charge in [-0.15, -0.1) is 0 Å². The van der Waals surface area contributed by atoms with Gasteiger partial charge in [-0.25, -0.2) is 4.39 Å². The van der Waals surface area contributed by atoms with Gasteiger partial charge in [0.05, 0.1) is 11.4 Å². The second-order valence-corrected chi connectivity index (χ2v) is 6.51. The molecule has 0 N–H and O–H groups in total. The van der Waals surface area contributed by atoms with Gasteiger partial charge in [-0.05, 0) is 61.2 Å². The summed E-state index contributed by atoms with van der Waals surface area (Å²) in [4.78, 5) is 6.55. The second-order valence-electron chi connectivity index (χ2n) is 5.59. The summed E-state index contributed by atoms with van der Waals surface area (Å²) in [7, 11) is 0. The molecule has 3 rings (SSSR count). The summed E-state index contributed by atoms with van der Waals surface area (Å²) in [5.41, 5.74) is 3.43. The molecule has 0 aliphatic carbocycles. The Balaban J connectivity index is 1.86. The van der Waals surface area contributed by atoms with Crippen LogP contribution in [0.3, 0.4) is 0 Å². The van der Waals surface area contributed by atoms with Crippen LogP contribution in [0.4, 0.5) is 15.8 Å². The normalized spacial score (nSPS) is 15.0. The lowest BCUT2D eigenvalue weighted by molar-refractivity contribution is 0.622. The van der Waals surface area contributed by atoms with Crippen LogP contribution in [0, 0.1) is 12.7 Å². The van der Waals surface area contributed by atoms with Crippen LogP contribution >= 0.6 is 15.9 Å². The van der Waals surface area contributed by atoms with Crippen molar-refractivity contribution >= 4 is 33.5 Å². The Labute approximate surface area is 138 Å². The van der Waals surface area contributed by atoms with E-state index in [4.69, 9.17) is 0 Å². The molecule has 0 atom stereocenters. The molecule has 1 aliphatic heterocycles. The first kappa shape index (κ1) is 15.2. The molecular formula is C18H18BrFN2. The van der Waals surface area contributed by atoms with E-state index >= 15 is 0 Å². The number of aryl methyl sites for hydroxylation is 1. The number of benzene rings is 2. The Kier molecular flexibility index (Phi) is 4.57. The third-order valence-electron chi connectivity index (χ3n) is 3.94. The quantitative estimate of drug-likeness (QED) is 0.682. The number of rotatable bonds is 3. The van der Waals surface area contributed by atoms with E-state index in [0.29, 0.717) is 0 Å². The van der Waals surface area contributed by atoms with Gasteiger partial charge in [0.2, 0.25) is 0 Å². The summed E-state index contributed by atoms with van der Waals surface area (Å²) in [5.74, 6) is -0.164. The molecule has 0 amide bonds. The minimum absolute atomic E-state index is 0.164. The van der Waals surface area contributed by atoms with E-state index in [-0.39, 0.29) is 5.82 Å². The van der Waals surface area contributed by atoms with E-state index < -0.39 is 0 Å². The van der Waals surface area contributed by atoms with Crippen molar-refractivity contribution in [1.82, 2.24) is 0 Å². The molecule has 1 saturated heterocycles. The maximum Gasteiger partial charge on any atom is 0.147 e. The average molecular weight is 361 g/mol. The van der Waals surface area contributed by atoms with Crippen LogP contribution in [0.1, 0.15) is 24.0 Å². The van der Waals surface area contributed by atoms with Crippen LogP contribution in [-0.4, -0.2) is 19.3 Å². The fourth-order valence-corrected chi connectivity index (χ4v) is 3.11. The Morgan fingerprint density at radius 1 is 1.18 bits per heavy atom. The zero-order valence-electron chi connectivity index (χ0n) is 12.5. The molecule has 1 aliphatic rings. The number of hydrogen-bond donors (Lipinski definition) is 0. The zero-order valence-corrected chi connectivity index (χ0v) is 14.1. The number of aliphatic imine (C=N–C) groups is 1. The van der Waals surface area contributed by atoms with E-state index in [9.17, 15) is 4.39 Å². The van der Waals surface area contributed by atoms with Gasteiger partial charge in [-0.3, -0.25) is 4.99 Å². The molecular weight excluding hydrogens is 343 g/mol. The van der Waals surface area contributed by atoms with Gasteiger partial charge in [0.1, 0.15) is 5.82 Å². The molecule has 0 unspecified atom stereocenters. The first-order valence-electron chi connectivity index (χ1n) is 7.48. The van der Waals surface area contributed by atoms with Crippen molar-refractivity contribution in [2.75, 3.05) is 18.0 Å². The fraction of sp³-hybridized carbons (Fsp3) is 0.278. The van der Waals surface area contributed by atoms with E-state index in [1.807, 2.05) is 37.3 Å². The Hall–Kier alpha value is -1.68. The van der Waals surface area contributed by atoms with Crippen molar-refractivity contribution in [3.8, 4) is 0 Å². The van der Waals surface area contributed by atoms with Crippen molar-refractivity contribution < 1.29 is 4.39 Å². The van der Waals surface area contributed by atoms with E-state index in [1.165, 1.54) is 0 Å². The van der Waals surface area contributed by atoms with Crippen LogP contribution in [0.5, 0.6) is 0 Å². The zero-order chi connectivity index (χ0) is 15.5. The SMILES string of the molecule is Cc1cc(N2CCCC2)c(F)cc1C=Nc1cccc(Br)c1. The first-order chi connectivity index (χ1) is 10.6. The van der Waals surface area contributed by atoms with Crippen molar-refractivity contribution in [2.45, 2.75) is 19.8 Å². The Morgan fingerprint density at radius 2 is 1.95 bits per heavy atom. The standard InChI is InChI=1S/C18H18BrFN2/c1-13-9-18(22-7-2-3-8-22)17(20)10-14(13)12-21-16-6-4-5-15(19)11-16/h4-6,9-12H,2-3,7-8H2,1H3. The number of hydrogen-bond acceptors (Lipinski definition) is 2. The smallest absolute Gasteiger partial charge is 0.147 e. The molecule has 2 aromatic carbocycles. The van der Waals surface area contributed by atoms with E-state index in [1.54, 1.807) is 12.3 Å². The minimum atomic E-state index is -0.164. The van der Waals surface area contributed by atoms with Crippen molar-refractivity contribution in [1.29, 1.82) is 0 Å². The van der Waals surface area contributed by atoms with Gasteiger partial charge in [0, 0.05) is 23.8 Å². The van der Waals surface area contributed by atoms with Crippen LogP contribution in [0.2, 0.25) is 0 Å². The van der Waals surface area contributed by atoms with Crippen molar-refractivity contribution in [3.63, 3.8) is 0 Å². The molecule has 2 aromatic rings. The monoisotopic (exact) mass is 360 g/mol. The van der Waals surface area contributed by atoms with Crippen LogP contribution < -0.4 is 4.90 Å². The minimum Gasteiger partial charge on any atom is -0.369 e. The molecule has 4 heteroatoms. The highest BCUT2D eigenvalue weighted by molar-refractivity contribution is 9.10. The fourth-order valence-electron chi connectivity index (χ4n) is 2.72. The van der Waals surface area contributed by atoms with Gasteiger partial charge < -0.3 is 4.90 Å². The molecule has 0 spiro atoms. The van der Waals surface area contributed by atoms with Crippen molar-refractivity contribution in [3.05, 3.63) is 57.8 Å². The lowest BCUT2D eigenvalue weighted by Crippen LogP contribution is -2.19. The summed E-state index contributed by atoms with van der Waals surface area (Å²) < 4.78 is 15.3. The first-order valence-corrected chi connectivity index (χ1v) is 8.27. The Bertz CT molecular complexity index is 706. The number of halogens is 2. The highest BCUT2D eigenvalue weighted by Gasteiger charge is 2.17. The summed E-state index contributed by atoms with van der Waals surface area (Å²) in [5, 5.41) is 0. The Morgan fingerprint density at radius 3 is 2.68 bits per heavy atom. The second kappa shape index (κ2) is 6.61. The van der Waals surface area contributed by atoms with Crippen LogP contribution in [0.25, 0.3) is 0 Å². The molecule has 0 bridgehead atoms. The molecule has 0 radical (unpaired) electrons. The number of nitrogens with zero attached hydrogens (tertiary/aromatic N) is 2. The van der Waals surface area contributed by atoms with Crippen molar-refractivity contribution in [2.24, 2.45) is 4.99 Å². The van der Waals surface area contributed by atoms with Crippen LogP contribution in [0.15, 0.2) is 45.9 Å². The summed E-state index contributed by atoms with van der Waals surface area (Å²) in [6.07, 6.45) is 4.02. The summed E-state index contributed by atoms with van der Waals surface area (Å²) in [6.45, 7) is 3.89. The maximum atomic E-state index is 14.4. The largest absolute Gasteiger partial charge is 0.369 e. The summed E-state index contributed by atoms with van der Waals surface area (Å²) in [6, 6.07) is 11.3. The van der Waals surface area contributed by atoms with E-state index in [0.717, 1.165) is 52.9 Å². The summed E-state index contributed by atoms with van der Waals surface area (Å²) >= 11 is 3.42. The lowest BCUT2D eigenvalue weighted by Gasteiger charge is -2.19. The predicted octanol–water partition coefficient (Wildman–Crippen LogP) is 5.25. The molecule has 2 nitrogen and oxygen atoms in total. The third kappa shape index (κ3) is 3.38. The molecule has 1 fully saturated rings. The van der Waals surface area contributed by atoms with E-state index in [2.05, 4.69) is 25.8 Å². The average Bonchev–Trinajstić information content (AvgIpc) is 3.02. The number of anilines is 1. The molecule has 22 heavy (non-hydrogen) atoms. The van der Waals surface area contributed by atoms with Gasteiger partial charge in [-0.1, -0.05) is 22.0 Å². The highest BCUT2D eigenvalue weighted by Crippen LogP contribution is 2.26. The van der Waals surface area contributed by atoms with Gasteiger partial charge >= 0.3 is 0 Å². The molecule has 0 saturated carbocycles. The maximum absolute atomic E-state index is 14.4. The molecule has 114 valence electrons.